The normalized spacial score (nSPS) is 13.1. The summed E-state index contributed by atoms with van der Waals surface area (Å²) in [6.45, 7) is 0. The lowest BCUT2D eigenvalue weighted by atomic mass is 9.96. The highest BCUT2D eigenvalue weighted by atomic mass is 35.5. The van der Waals surface area contributed by atoms with Crippen LogP contribution in [0.15, 0.2) is 47.8 Å². The van der Waals surface area contributed by atoms with E-state index in [-0.39, 0.29) is 43.3 Å². The lowest BCUT2D eigenvalue weighted by Crippen LogP contribution is -2.32. The third-order valence-electron chi connectivity index (χ3n) is 4.72. The molecule has 1 aromatic heterocycles. The van der Waals surface area contributed by atoms with Crippen molar-refractivity contribution in [3.63, 3.8) is 0 Å². The Labute approximate surface area is 184 Å². The molecular weight excluding hydrogens is 464 g/mol. The Bertz CT molecular complexity index is 1030. The van der Waals surface area contributed by atoms with E-state index in [0.29, 0.717) is 12.1 Å². The number of benzene rings is 2. The number of alkyl halides is 6. The van der Waals surface area contributed by atoms with E-state index in [1.54, 1.807) is 0 Å². The summed E-state index contributed by atoms with van der Waals surface area (Å²) in [6, 6.07) is 8.04. The van der Waals surface area contributed by atoms with Crippen molar-refractivity contribution in [1.82, 2.24) is 0 Å². The van der Waals surface area contributed by atoms with Gasteiger partial charge < -0.3 is 5.73 Å². The van der Waals surface area contributed by atoms with E-state index in [4.69, 9.17) is 5.73 Å². The number of rotatable bonds is 6. The largest absolute Gasteiger partial charge is 0.416 e. The number of halogens is 7. The second-order valence-corrected chi connectivity index (χ2v) is 7.86. The van der Waals surface area contributed by atoms with Crippen LogP contribution in [0.25, 0.3) is 10.1 Å². The number of fused-ring (bicyclic) bond motifs is 1. The van der Waals surface area contributed by atoms with Gasteiger partial charge in [-0.1, -0.05) is 18.2 Å². The fraction of sp³-hybridized carbons (Fsp3) is 0.286. The first-order chi connectivity index (χ1) is 13.9. The third-order valence-corrected chi connectivity index (χ3v) is 5.73. The Hall–Kier alpha value is -2.10. The first-order valence-corrected chi connectivity index (χ1v) is 9.85. The molecule has 0 spiro atoms. The summed E-state index contributed by atoms with van der Waals surface area (Å²) in [5.41, 5.74) is 3.84. The smallest absolute Gasteiger partial charge is 0.321 e. The maximum atomic E-state index is 12.9. The van der Waals surface area contributed by atoms with Crippen LogP contribution in [0.4, 0.5) is 26.3 Å². The highest BCUT2D eigenvalue weighted by Crippen LogP contribution is 2.36. The van der Waals surface area contributed by atoms with Gasteiger partial charge in [-0.15, -0.1) is 23.7 Å². The number of carbonyl (C=O) groups is 1. The van der Waals surface area contributed by atoms with Gasteiger partial charge in [-0.05, 0) is 59.0 Å². The van der Waals surface area contributed by atoms with Crippen LogP contribution in [-0.4, -0.2) is 11.8 Å². The van der Waals surface area contributed by atoms with Gasteiger partial charge in [-0.3, -0.25) is 4.79 Å². The molecule has 3 rings (SSSR count). The highest BCUT2D eigenvalue weighted by molar-refractivity contribution is 7.17. The second kappa shape index (κ2) is 9.58. The van der Waals surface area contributed by atoms with Crippen LogP contribution in [-0.2, 0) is 30.0 Å². The molecule has 3 aromatic rings. The molecule has 0 saturated heterocycles. The summed E-state index contributed by atoms with van der Waals surface area (Å²) in [6.07, 6.45) is -10.1. The molecule has 0 fully saturated rings. The van der Waals surface area contributed by atoms with Crippen molar-refractivity contribution < 1.29 is 31.1 Å². The SMILES string of the molecule is Cl.NC(Cc1csc2ccccc12)C(=O)CCc1cc(C(F)(F)F)cc(C(F)(F)F)c1. The number of ketones is 1. The Morgan fingerprint density at radius 1 is 0.968 bits per heavy atom. The summed E-state index contributed by atoms with van der Waals surface area (Å²) in [7, 11) is 0. The number of hydrogen-bond donors (Lipinski definition) is 1. The molecule has 168 valence electrons. The molecule has 0 aliphatic carbocycles. The van der Waals surface area contributed by atoms with E-state index in [1.807, 2.05) is 29.6 Å². The molecule has 1 heterocycles. The molecule has 0 radical (unpaired) electrons. The molecular formula is C21H18ClF6NOS. The zero-order chi connectivity index (χ0) is 22.1. The maximum absolute atomic E-state index is 12.9. The van der Waals surface area contributed by atoms with Gasteiger partial charge in [0.05, 0.1) is 17.2 Å². The fourth-order valence-corrected chi connectivity index (χ4v) is 4.13. The van der Waals surface area contributed by atoms with Crippen molar-refractivity contribution >= 4 is 39.6 Å². The number of Topliss-reactive ketones (excluding diaryl/α,β-unsaturated/α-hetero) is 1. The van der Waals surface area contributed by atoms with E-state index in [0.717, 1.165) is 15.6 Å². The molecule has 0 aliphatic heterocycles. The van der Waals surface area contributed by atoms with Gasteiger partial charge in [0.15, 0.2) is 0 Å². The van der Waals surface area contributed by atoms with Crippen LogP contribution < -0.4 is 5.73 Å². The zero-order valence-corrected chi connectivity index (χ0v) is 17.5. The van der Waals surface area contributed by atoms with Crippen molar-refractivity contribution in [3.05, 3.63) is 70.1 Å². The summed E-state index contributed by atoms with van der Waals surface area (Å²) < 4.78 is 78.7. The second-order valence-electron chi connectivity index (χ2n) is 6.95. The monoisotopic (exact) mass is 481 g/mol. The molecule has 0 bridgehead atoms. The minimum Gasteiger partial charge on any atom is -0.321 e. The van der Waals surface area contributed by atoms with E-state index in [2.05, 4.69) is 0 Å². The number of hydrogen-bond acceptors (Lipinski definition) is 3. The molecule has 0 aliphatic rings. The van der Waals surface area contributed by atoms with Gasteiger partial charge in [-0.25, -0.2) is 0 Å². The molecule has 0 amide bonds. The molecule has 1 atom stereocenters. The number of carbonyl (C=O) groups excluding carboxylic acids is 1. The van der Waals surface area contributed by atoms with Crippen LogP contribution in [0.3, 0.4) is 0 Å². The van der Waals surface area contributed by atoms with Crippen molar-refractivity contribution in [2.24, 2.45) is 5.73 Å². The van der Waals surface area contributed by atoms with Crippen LogP contribution >= 0.6 is 23.7 Å². The van der Waals surface area contributed by atoms with Crippen molar-refractivity contribution in [3.8, 4) is 0 Å². The maximum Gasteiger partial charge on any atom is 0.416 e. The van der Waals surface area contributed by atoms with Gasteiger partial charge in [0.25, 0.3) is 0 Å². The summed E-state index contributed by atoms with van der Waals surface area (Å²) in [5, 5.41) is 2.86. The van der Waals surface area contributed by atoms with Gasteiger partial charge >= 0.3 is 12.4 Å². The van der Waals surface area contributed by atoms with E-state index in [1.165, 1.54) is 11.3 Å². The van der Waals surface area contributed by atoms with Crippen molar-refractivity contribution in [2.75, 3.05) is 0 Å². The Morgan fingerprint density at radius 2 is 1.55 bits per heavy atom. The van der Waals surface area contributed by atoms with Gasteiger partial charge in [-0.2, -0.15) is 26.3 Å². The summed E-state index contributed by atoms with van der Waals surface area (Å²) in [5.74, 6) is -0.420. The number of thiophene rings is 1. The molecule has 1 unspecified atom stereocenters. The minimum absolute atomic E-state index is 0. The predicted molar refractivity (Wildman–Crippen MR) is 111 cm³/mol. The average Bonchev–Trinajstić information content (AvgIpc) is 3.07. The van der Waals surface area contributed by atoms with Crippen LogP contribution in [0, 0.1) is 0 Å². The van der Waals surface area contributed by atoms with E-state index in [9.17, 15) is 31.1 Å². The zero-order valence-electron chi connectivity index (χ0n) is 15.9. The van der Waals surface area contributed by atoms with Crippen molar-refractivity contribution in [1.29, 1.82) is 0 Å². The summed E-state index contributed by atoms with van der Waals surface area (Å²) >= 11 is 1.51. The van der Waals surface area contributed by atoms with Crippen LogP contribution in [0.1, 0.15) is 28.7 Å². The number of aryl methyl sites for hydroxylation is 1. The number of nitrogens with two attached hydrogens (primary N) is 1. The third kappa shape index (κ3) is 6.21. The topological polar surface area (TPSA) is 43.1 Å². The summed E-state index contributed by atoms with van der Waals surface area (Å²) in [4.78, 5) is 12.4. The van der Waals surface area contributed by atoms with E-state index < -0.39 is 35.3 Å². The van der Waals surface area contributed by atoms with Crippen LogP contribution in [0.5, 0.6) is 0 Å². The lowest BCUT2D eigenvalue weighted by Gasteiger charge is -2.15. The first-order valence-electron chi connectivity index (χ1n) is 8.97. The molecule has 2 aromatic carbocycles. The van der Waals surface area contributed by atoms with Crippen molar-refractivity contribution in [2.45, 2.75) is 37.7 Å². The molecule has 10 heteroatoms. The standard InChI is InChI=1S/C21H17F6NOS.ClH/c22-20(23,24)14-7-12(8-15(10-14)21(25,26)27)5-6-18(29)17(28)9-13-11-30-19-4-2-1-3-16(13)19;/h1-4,7-8,10-11,17H,5-6,9,28H2;1H. The molecule has 2 nitrogen and oxygen atoms in total. The predicted octanol–water partition coefficient (Wildman–Crippen LogP) is 6.43. The fourth-order valence-electron chi connectivity index (χ4n) is 3.16. The quantitative estimate of drug-likeness (QED) is 0.412. The highest BCUT2D eigenvalue weighted by Gasteiger charge is 2.36. The van der Waals surface area contributed by atoms with Gasteiger partial charge in [0, 0.05) is 11.1 Å². The Kier molecular flexibility index (Phi) is 7.78. The molecule has 31 heavy (non-hydrogen) atoms. The minimum atomic E-state index is -4.92. The lowest BCUT2D eigenvalue weighted by molar-refractivity contribution is -0.143. The Morgan fingerprint density at radius 3 is 2.13 bits per heavy atom. The Balaban J connectivity index is 0.00000341. The van der Waals surface area contributed by atoms with Gasteiger partial charge in [0.1, 0.15) is 5.78 Å². The first kappa shape index (κ1) is 25.2. The average molecular weight is 482 g/mol. The molecule has 0 saturated carbocycles. The van der Waals surface area contributed by atoms with Crippen LogP contribution in [0.2, 0.25) is 0 Å². The van der Waals surface area contributed by atoms with Gasteiger partial charge in [0.2, 0.25) is 0 Å². The van der Waals surface area contributed by atoms with E-state index >= 15 is 0 Å². The molecule has 2 N–H and O–H groups in total.